The van der Waals surface area contributed by atoms with E-state index in [0.717, 1.165) is 10.5 Å². The van der Waals surface area contributed by atoms with Gasteiger partial charge >= 0.3 is 6.03 Å². The average molecular weight is 523 g/mol. The smallest absolute Gasteiger partial charge is 0.335 e. The predicted molar refractivity (Wildman–Crippen MR) is 143 cm³/mol. The molecule has 1 heterocycles. The quantitative estimate of drug-likeness (QED) is 0.239. The van der Waals surface area contributed by atoms with Crippen molar-refractivity contribution in [3.8, 4) is 11.5 Å². The fourth-order valence-corrected chi connectivity index (χ4v) is 3.96. The van der Waals surface area contributed by atoms with E-state index < -0.39 is 17.8 Å². The normalized spacial score (nSPS) is 14.3. The molecule has 1 aliphatic rings. The van der Waals surface area contributed by atoms with Crippen LogP contribution in [0, 0.1) is 5.82 Å². The van der Waals surface area contributed by atoms with Crippen LogP contribution < -0.4 is 19.7 Å². The molecule has 0 spiro atoms. The Balaban J connectivity index is 1.31. The van der Waals surface area contributed by atoms with Gasteiger partial charge in [-0.15, -0.1) is 0 Å². The van der Waals surface area contributed by atoms with E-state index in [1.54, 1.807) is 66.7 Å². The molecule has 0 unspecified atom stereocenters. The van der Waals surface area contributed by atoms with Crippen molar-refractivity contribution in [1.29, 1.82) is 0 Å². The molecule has 1 aliphatic heterocycles. The Morgan fingerprint density at radius 1 is 0.744 bits per heavy atom. The van der Waals surface area contributed by atoms with Crippen molar-refractivity contribution in [1.82, 2.24) is 5.32 Å². The second-order valence-corrected chi connectivity index (χ2v) is 8.68. The Labute approximate surface area is 224 Å². The standard InChI is InChI=1S/C31H23FN2O5/c32-28-12-5-4-10-23(28)20-39-26-11-6-9-22(17-26)18-27-29(35)33-31(37)34(30(27)36)24-13-15-25(16-14-24)38-19-21-7-2-1-3-8-21/h1-18H,19-20H2,(H,33,35,37)/b27-18-. The van der Waals surface area contributed by atoms with Crippen molar-refractivity contribution >= 4 is 29.6 Å². The summed E-state index contributed by atoms with van der Waals surface area (Å²) in [5.41, 5.74) is 1.96. The van der Waals surface area contributed by atoms with Crippen LogP contribution in [-0.2, 0) is 22.8 Å². The van der Waals surface area contributed by atoms with Gasteiger partial charge in [-0.1, -0.05) is 60.7 Å². The summed E-state index contributed by atoms with van der Waals surface area (Å²) in [6.45, 7) is 0.382. The van der Waals surface area contributed by atoms with Crippen LogP contribution >= 0.6 is 0 Å². The van der Waals surface area contributed by atoms with E-state index >= 15 is 0 Å². The maximum Gasteiger partial charge on any atom is 0.335 e. The first-order chi connectivity index (χ1) is 19.0. The molecule has 4 amide bonds. The number of imide groups is 2. The first kappa shape index (κ1) is 25.4. The number of benzene rings is 4. The average Bonchev–Trinajstić information content (AvgIpc) is 2.95. The molecule has 4 aromatic carbocycles. The van der Waals surface area contributed by atoms with Crippen LogP contribution in [-0.4, -0.2) is 17.8 Å². The molecule has 0 atom stereocenters. The fourth-order valence-electron chi connectivity index (χ4n) is 3.96. The van der Waals surface area contributed by atoms with E-state index in [4.69, 9.17) is 9.47 Å². The van der Waals surface area contributed by atoms with Gasteiger partial charge in [0.1, 0.15) is 36.1 Å². The van der Waals surface area contributed by atoms with Gasteiger partial charge < -0.3 is 9.47 Å². The zero-order valence-electron chi connectivity index (χ0n) is 20.7. The van der Waals surface area contributed by atoms with Crippen LogP contribution in [0.5, 0.6) is 11.5 Å². The van der Waals surface area contributed by atoms with Gasteiger partial charge in [0.25, 0.3) is 11.8 Å². The molecule has 39 heavy (non-hydrogen) atoms. The molecule has 1 fully saturated rings. The van der Waals surface area contributed by atoms with Crippen LogP contribution in [0.15, 0.2) is 109 Å². The number of nitrogens with one attached hydrogen (secondary N) is 1. The highest BCUT2D eigenvalue weighted by Crippen LogP contribution is 2.26. The summed E-state index contributed by atoms with van der Waals surface area (Å²) < 4.78 is 25.4. The molecule has 8 heteroatoms. The summed E-state index contributed by atoms with van der Waals surface area (Å²) >= 11 is 0. The first-order valence-electron chi connectivity index (χ1n) is 12.1. The summed E-state index contributed by atoms with van der Waals surface area (Å²) in [7, 11) is 0. The lowest BCUT2D eigenvalue weighted by atomic mass is 10.1. The first-order valence-corrected chi connectivity index (χ1v) is 12.1. The SMILES string of the molecule is O=C1NC(=O)N(c2ccc(OCc3ccccc3)cc2)C(=O)/C1=C\c1cccc(OCc2ccccc2F)c1. The summed E-state index contributed by atoms with van der Waals surface area (Å²) in [5, 5.41) is 2.21. The molecule has 0 aliphatic carbocycles. The number of urea groups is 1. The molecule has 5 rings (SSSR count). The number of carbonyl (C=O) groups excluding carboxylic acids is 3. The molecule has 194 valence electrons. The third-order valence-electron chi connectivity index (χ3n) is 5.97. The second-order valence-electron chi connectivity index (χ2n) is 8.68. The molecule has 1 saturated heterocycles. The van der Waals surface area contributed by atoms with E-state index in [2.05, 4.69) is 5.32 Å². The predicted octanol–water partition coefficient (Wildman–Crippen LogP) is 5.65. The molecule has 7 nitrogen and oxygen atoms in total. The lowest BCUT2D eigenvalue weighted by molar-refractivity contribution is -0.122. The zero-order valence-corrected chi connectivity index (χ0v) is 20.7. The number of halogens is 1. The van der Waals surface area contributed by atoms with Gasteiger partial charge in [0.15, 0.2) is 0 Å². The molecular formula is C31H23FN2O5. The van der Waals surface area contributed by atoms with E-state index in [0.29, 0.717) is 29.2 Å². The van der Waals surface area contributed by atoms with Crippen molar-refractivity contribution in [2.75, 3.05) is 4.90 Å². The molecule has 0 bridgehead atoms. The lowest BCUT2D eigenvalue weighted by Crippen LogP contribution is -2.54. The minimum absolute atomic E-state index is 0.0133. The number of carbonyl (C=O) groups is 3. The Morgan fingerprint density at radius 3 is 2.23 bits per heavy atom. The number of hydrogen-bond donors (Lipinski definition) is 1. The number of nitrogens with zero attached hydrogens (tertiary/aromatic N) is 1. The van der Waals surface area contributed by atoms with Crippen molar-refractivity contribution in [3.05, 3.63) is 131 Å². The number of hydrogen-bond acceptors (Lipinski definition) is 5. The van der Waals surface area contributed by atoms with Gasteiger partial charge in [-0.25, -0.2) is 14.1 Å². The van der Waals surface area contributed by atoms with Crippen LogP contribution in [0.25, 0.3) is 6.08 Å². The van der Waals surface area contributed by atoms with Gasteiger partial charge in [0, 0.05) is 5.56 Å². The van der Waals surface area contributed by atoms with Crippen LogP contribution in [0.1, 0.15) is 16.7 Å². The number of ether oxygens (including phenoxy) is 2. The molecule has 4 aromatic rings. The largest absolute Gasteiger partial charge is 0.489 e. The van der Waals surface area contributed by atoms with Crippen molar-refractivity contribution < 1.29 is 28.2 Å². The van der Waals surface area contributed by atoms with Gasteiger partial charge in [0.05, 0.1) is 5.69 Å². The van der Waals surface area contributed by atoms with E-state index in [1.165, 1.54) is 12.1 Å². The van der Waals surface area contributed by atoms with E-state index in [1.807, 2.05) is 30.3 Å². The number of amides is 4. The van der Waals surface area contributed by atoms with Crippen LogP contribution in [0.3, 0.4) is 0 Å². The molecule has 0 saturated carbocycles. The van der Waals surface area contributed by atoms with E-state index in [9.17, 15) is 18.8 Å². The van der Waals surface area contributed by atoms with Gasteiger partial charge in [-0.2, -0.15) is 0 Å². The maximum absolute atomic E-state index is 13.9. The van der Waals surface area contributed by atoms with Crippen molar-refractivity contribution in [2.45, 2.75) is 13.2 Å². The fraction of sp³-hybridized carbons (Fsp3) is 0.0645. The Hall–Kier alpha value is -5.24. The zero-order chi connectivity index (χ0) is 27.2. The third-order valence-corrected chi connectivity index (χ3v) is 5.97. The third kappa shape index (κ3) is 6.02. The van der Waals surface area contributed by atoms with Gasteiger partial charge in [-0.05, 0) is 59.7 Å². The number of barbiturate groups is 1. The highest BCUT2D eigenvalue weighted by atomic mass is 19.1. The Kier molecular flexibility index (Phi) is 7.45. The summed E-state index contributed by atoms with van der Waals surface area (Å²) in [6.07, 6.45) is 1.38. The van der Waals surface area contributed by atoms with Crippen LogP contribution in [0.4, 0.5) is 14.9 Å². The maximum atomic E-state index is 13.9. The summed E-state index contributed by atoms with van der Waals surface area (Å²) in [6, 6.07) is 28.2. The minimum atomic E-state index is -0.845. The minimum Gasteiger partial charge on any atom is -0.489 e. The summed E-state index contributed by atoms with van der Waals surface area (Å²) in [4.78, 5) is 39.3. The topological polar surface area (TPSA) is 84.9 Å². The molecule has 0 aromatic heterocycles. The number of anilines is 1. The highest BCUT2D eigenvalue weighted by Gasteiger charge is 2.36. The molecule has 0 radical (unpaired) electrons. The van der Waals surface area contributed by atoms with Crippen molar-refractivity contribution in [2.24, 2.45) is 0 Å². The highest BCUT2D eigenvalue weighted by molar-refractivity contribution is 6.39. The monoisotopic (exact) mass is 522 g/mol. The second kappa shape index (κ2) is 11.4. The van der Waals surface area contributed by atoms with Gasteiger partial charge in [0.2, 0.25) is 0 Å². The Morgan fingerprint density at radius 2 is 1.46 bits per heavy atom. The van der Waals surface area contributed by atoms with E-state index in [-0.39, 0.29) is 23.7 Å². The number of rotatable bonds is 8. The van der Waals surface area contributed by atoms with Crippen molar-refractivity contribution in [3.63, 3.8) is 0 Å². The van der Waals surface area contributed by atoms with Crippen LogP contribution in [0.2, 0.25) is 0 Å². The molecule has 1 N–H and O–H groups in total. The Bertz CT molecular complexity index is 1550. The molecular weight excluding hydrogens is 499 g/mol. The summed E-state index contributed by atoms with van der Waals surface area (Å²) in [5.74, 6) is -0.955. The van der Waals surface area contributed by atoms with Gasteiger partial charge in [-0.3, -0.25) is 14.9 Å². The lowest BCUT2D eigenvalue weighted by Gasteiger charge is -2.26.